The molecule has 0 bridgehead atoms. The van der Waals surface area contributed by atoms with Gasteiger partial charge in [-0.05, 0) is 55.7 Å². The van der Waals surface area contributed by atoms with Crippen LogP contribution in [-0.2, 0) is 36.6 Å². The van der Waals surface area contributed by atoms with Crippen molar-refractivity contribution < 1.29 is 14.3 Å². The Balaban J connectivity index is 1.36. The summed E-state index contributed by atoms with van der Waals surface area (Å²) in [6, 6.07) is 15.2. The molecule has 0 aliphatic heterocycles. The quantitative estimate of drug-likeness (QED) is 0.338. The number of esters is 1. The molecule has 2 aromatic carbocycles. The molecule has 10 heteroatoms. The maximum absolute atomic E-state index is 12.7. The summed E-state index contributed by atoms with van der Waals surface area (Å²) >= 11 is 5.94. The zero-order chi connectivity index (χ0) is 26.0. The van der Waals surface area contributed by atoms with E-state index in [1.165, 1.54) is 17.9 Å². The molecule has 188 valence electrons. The van der Waals surface area contributed by atoms with Gasteiger partial charge in [-0.2, -0.15) is 0 Å². The van der Waals surface area contributed by atoms with Crippen LogP contribution in [0.5, 0.6) is 5.75 Å². The van der Waals surface area contributed by atoms with Gasteiger partial charge in [-0.1, -0.05) is 35.9 Å². The van der Waals surface area contributed by atoms with Gasteiger partial charge in [-0.3, -0.25) is 13.9 Å². The number of aromatic nitrogens is 4. The zero-order valence-electron chi connectivity index (χ0n) is 20.5. The van der Waals surface area contributed by atoms with Gasteiger partial charge in [0.25, 0.3) is 5.56 Å². The number of ether oxygens (including phenoxy) is 2. The summed E-state index contributed by atoms with van der Waals surface area (Å²) in [7, 11) is 2.96. The molecule has 0 aliphatic rings. The minimum atomic E-state index is -1.23. The lowest BCUT2D eigenvalue weighted by atomic mass is 10.0. The van der Waals surface area contributed by atoms with Gasteiger partial charge in [0.1, 0.15) is 12.4 Å². The van der Waals surface area contributed by atoms with Crippen LogP contribution in [0, 0.1) is 0 Å². The van der Waals surface area contributed by atoms with Crippen molar-refractivity contribution in [2.75, 3.05) is 6.61 Å². The van der Waals surface area contributed by atoms with Crippen molar-refractivity contribution in [1.29, 1.82) is 0 Å². The van der Waals surface area contributed by atoms with Gasteiger partial charge in [-0.15, -0.1) is 0 Å². The Bertz CT molecular complexity index is 1520. The van der Waals surface area contributed by atoms with Gasteiger partial charge < -0.3 is 14.0 Å². The first kappa shape index (κ1) is 25.2. The minimum absolute atomic E-state index is 0.00308. The Morgan fingerprint density at radius 2 is 1.58 bits per heavy atom. The lowest BCUT2D eigenvalue weighted by Gasteiger charge is -2.24. The van der Waals surface area contributed by atoms with E-state index in [0.29, 0.717) is 10.8 Å². The molecular weight excluding hydrogens is 484 g/mol. The van der Waals surface area contributed by atoms with Crippen molar-refractivity contribution in [2.45, 2.75) is 32.4 Å². The third kappa shape index (κ3) is 5.21. The summed E-state index contributed by atoms with van der Waals surface area (Å²) in [5.74, 6) is -0.000660. The number of nitrogens with zero attached hydrogens (tertiary/aromatic N) is 4. The fourth-order valence-corrected chi connectivity index (χ4v) is 3.95. The summed E-state index contributed by atoms with van der Waals surface area (Å²) in [6.45, 7) is 3.47. The molecule has 36 heavy (non-hydrogen) atoms. The first-order chi connectivity index (χ1) is 17.1. The van der Waals surface area contributed by atoms with Crippen LogP contribution in [0.3, 0.4) is 0 Å². The summed E-state index contributed by atoms with van der Waals surface area (Å²) in [4.78, 5) is 41.5. The number of imidazole rings is 1. The average Bonchev–Trinajstić information content (AvgIpc) is 3.28. The molecule has 0 spiro atoms. The highest BCUT2D eigenvalue weighted by Gasteiger charge is 2.32. The molecule has 0 N–H and O–H groups in total. The second-order valence-electron chi connectivity index (χ2n) is 9.01. The van der Waals surface area contributed by atoms with Gasteiger partial charge in [0.15, 0.2) is 16.8 Å². The van der Waals surface area contributed by atoms with Crippen molar-refractivity contribution in [3.63, 3.8) is 0 Å². The molecule has 9 nitrogen and oxygen atoms in total. The third-order valence-corrected chi connectivity index (χ3v) is 6.14. The summed E-state index contributed by atoms with van der Waals surface area (Å²) in [5, 5.41) is 0.700. The van der Waals surface area contributed by atoms with Crippen molar-refractivity contribution in [1.82, 2.24) is 18.7 Å². The highest BCUT2D eigenvalue weighted by atomic mass is 35.5. The molecule has 0 aliphatic carbocycles. The second-order valence-corrected chi connectivity index (χ2v) is 9.45. The third-order valence-electron chi connectivity index (χ3n) is 5.89. The molecule has 0 saturated heterocycles. The Labute approximate surface area is 212 Å². The van der Waals surface area contributed by atoms with Crippen LogP contribution in [0.25, 0.3) is 11.2 Å². The largest absolute Gasteiger partial charge is 0.476 e. The van der Waals surface area contributed by atoms with E-state index in [9.17, 15) is 14.4 Å². The van der Waals surface area contributed by atoms with Crippen LogP contribution < -0.4 is 16.0 Å². The van der Waals surface area contributed by atoms with Gasteiger partial charge in [0.05, 0.1) is 12.9 Å². The van der Waals surface area contributed by atoms with Gasteiger partial charge in [-0.25, -0.2) is 14.6 Å². The topological polar surface area (TPSA) is 97.3 Å². The number of aryl methyl sites for hydroxylation is 1. The highest BCUT2D eigenvalue weighted by Crippen LogP contribution is 2.22. The fourth-order valence-electron chi connectivity index (χ4n) is 3.83. The standard InChI is InChI=1S/C26H27ClN4O5/c1-26(2,36-20-11-7-18(8-12-20)15-17-5-9-19(27)10-6-17)24(33)35-14-13-31-16-28-22-21(31)23(32)30(4)25(34)29(22)3/h5-12,16H,13-15H2,1-4H3. The van der Waals surface area contributed by atoms with E-state index < -0.39 is 22.8 Å². The summed E-state index contributed by atoms with van der Waals surface area (Å²) in [5.41, 5.74) is 0.641. The zero-order valence-corrected chi connectivity index (χ0v) is 21.3. The molecule has 4 aromatic rings. The molecule has 2 heterocycles. The van der Waals surface area contributed by atoms with Crippen molar-refractivity contribution >= 4 is 28.7 Å². The number of hydrogen-bond donors (Lipinski definition) is 0. The molecular formula is C26H27ClN4O5. The fraction of sp³-hybridized carbons (Fsp3) is 0.308. The molecule has 0 atom stereocenters. The van der Waals surface area contributed by atoms with E-state index in [0.717, 1.165) is 22.1 Å². The number of hydrogen-bond acceptors (Lipinski definition) is 6. The smallest absolute Gasteiger partial charge is 0.349 e. The predicted molar refractivity (Wildman–Crippen MR) is 137 cm³/mol. The lowest BCUT2D eigenvalue weighted by molar-refractivity contribution is -0.159. The SMILES string of the molecule is Cn1c(=O)c2c(ncn2CCOC(=O)C(C)(C)Oc2ccc(Cc3ccc(Cl)cc3)cc2)n(C)c1=O. The maximum Gasteiger partial charge on any atom is 0.349 e. The van der Waals surface area contributed by atoms with Crippen LogP contribution in [0.15, 0.2) is 64.4 Å². The number of carbonyl (C=O) groups is 1. The van der Waals surface area contributed by atoms with Crippen LogP contribution in [0.2, 0.25) is 5.02 Å². The van der Waals surface area contributed by atoms with Crippen LogP contribution >= 0.6 is 11.6 Å². The van der Waals surface area contributed by atoms with Crippen LogP contribution in [0.4, 0.5) is 0 Å². The molecule has 0 unspecified atom stereocenters. The first-order valence-corrected chi connectivity index (χ1v) is 11.7. The number of halogens is 1. The molecule has 0 saturated carbocycles. The molecule has 0 radical (unpaired) electrons. The van der Waals surface area contributed by atoms with Crippen molar-refractivity contribution in [2.24, 2.45) is 14.1 Å². The van der Waals surface area contributed by atoms with E-state index in [1.54, 1.807) is 25.5 Å². The molecule has 4 rings (SSSR count). The Kier molecular flexibility index (Phi) is 7.03. The number of carbonyl (C=O) groups excluding carboxylic acids is 1. The van der Waals surface area contributed by atoms with Gasteiger partial charge in [0.2, 0.25) is 0 Å². The van der Waals surface area contributed by atoms with E-state index >= 15 is 0 Å². The number of benzene rings is 2. The normalized spacial score (nSPS) is 11.6. The lowest BCUT2D eigenvalue weighted by Crippen LogP contribution is -2.40. The Hall–Kier alpha value is -3.85. The van der Waals surface area contributed by atoms with Crippen LogP contribution in [-0.4, -0.2) is 36.9 Å². The highest BCUT2D eigenvalue weighted by molar-refractivity contribution is 6.30. The second kappa shape index (κ2) is 10.0. The number of rotatable bonds is 8. The summed E-state index contributed by atoms with van der Waals surface area (Å²) < 4.78 is 15.2. The van der Waals surface area contributed by atoms with E-state index in [2.05, 4.69) is 4.98 Å². The minimum Gasteiger partial charge on any atom is -0.476 e. The monoisotopic (exact) mass is 510 g/mol. The van der Waals surface area contributed by atoms with E-state index in [1.807, 2.05) is 48.5 Å². The van der Waals surface area contributed by atoms with Gasteiger partial charge in [0, 0.05) is 19.1 Å². The van der Waals surface area contributed by atoms with Crippen molar-refractivity contribution in [3.05, 3.63) is 91.8 Å². The van der Waals surface area contributed by atoms with E-state index in [-0.39, 0.29) is 24.3 Å². The van der Waals surface area contributed by atoms with Gasteiger partial charge >= 0.3 is 11.7 Å². The van der Waals surface area contributed by atoms with E-state index in [4.69, 9.17) is 21.1 Å². The Morgan fingerprint density at radius 3 is 2.22 bits per heavy atom. The number of fused-ring (bicyclic) bond motifs is 1. The molecule has 0 fully saturated rings. The Morgan fingerprint density at radius 1 is 0.972 bits per heavy atom. The predicted octanol–water partition coefficient (Wildman–Crippen LogP) is 3.08. The first-order valence-electron chi connectivity index (χ1n) is 11.4. The average molecular weight is 511 g/mol. The molecule has 0 amide bonds. The van der Waals surface area contributed by atoms with Crippen LogP contribution in [0.1, 0.15) is 25.0 Å². The summed E-state index contributed by atoms with van der Waals surface area (Å²) in [6.07, 6.45) is 2.20. The van der Waals surface area contributed by atoms with Crippen molar-refractivity contribution in [3.8, 4) is 5.75 Å². The molecule has 2 aromatic heterocycles. The maximum atomic E-state index is 12.7.